The van der Waals surface area contributed by atoms with E-state index in [1.54, 1.807) is 0 Å². The molecule has 122 valence electrons. The summed E-state index contributed by atoms with van der Waals surface area (Å²) in [6.07, 6.45) is 3.98. The van der Waals surface area contributed by atoms with Gasteiger partial charge < -0.3 is 9.80 Å². The van der Waals surface area contributed by atoms with Gasteiger partial charge >= 0.3 is 0 Å². The summed E-state index contributed by atoms with van der Waals surface area (Å²) in [5.41, 5.74) is 1.19. The molecular weight excluding hydrogens is 278 g/mol. The molecule has 1 aromatic heterocycles. The van der Waals surface area contributed by atoms with Crippen molar-refractivity contribution in [1.29, 1.82) is 0 Å². The maximum atomic E-state index is 12.6. The zero-order chi connectivity index (χ0) is 15.7. The lowest BCUT2D eigenvalue weighted by molar-refractivity contribution is -0.140. The predicted octanol–water partition coefficient (Wildman–Crippen LogP) is 0.601. The predicted molar refractivity (Wildman–Crippen MR) is 85.7 cm³/mol. The van der Waals surface area contributed by atoms with Gasteiger partial charge in [-0.05, 0) is 26.0 Å². The fourth-order valence-corrected chi connectivity index (χ4v) is 3.31. The van der Waals surface area contributed by atoms with E-state index in [0.717, 1.165) is 45.8 Å². The molecular formula is C16H27N5O. The first-order valence-electron chi connectivity index (χ1n) is 8.34. The summed E-state index contributed by atoms with van der Waals surface area (Å²) in [6, 6.07) is 0.405. The molecule has 6 heteroatoms. The van der Waals surface area contributed by atoms with Crippen LogP contribution in [0.5, 0.6) is 0 Å². The van der Waals surface area contributed by atoms with Gasteiger partial charge in [0.05, 0.1) is 18.3 Å². The number of piperazine rings is 1. The number of amides is 1. The second kappa shape index (κ2) is 6.38. The minimum Gasteiger partial charge on any atom is -0.339 e. The van der Waals surface area contributed by atoms with Gasteiger partial charge in [-0.2, -0.15) is 5.10 Å². The molecule has 0 radical (unpaired) electrons. The molecule has 1 aromatic rings. The average molecular weight is 305 g/mol. The Hall–Kier alpha value is -1.40. The Balaban J connectivity index is 1.48. The van der Waals surface area contributed by atoms with Crippen LogP contribution in [0.3, 0.4) is 0 Å². The van der Waals surface area contributed by atoms with Gasteiger partial charge in [0.1, 0.15) is 0 Å². The third kappa shape index (κ3) is 3.03. The molecule has 22 heavy (non-hydrogen) atoms. The first kappa shape index (κ1) is 15.5. The lowest BCUT2D eigenvalue weighted by atomic mass is 10.1. The standard InChI is InChI=1S/C16H27N5O/c1-4-18-5-7-19(8-6-18)16(22)14(3)20-11-15(12-20)21-10-13(2)9-17-21/h9-10,14-15H,4-8,11-12H2,1-3H3. The van der Waals surface area contributed by atoms with Crippen molar-refractivity contribution in [3.05, 3.63) is 18.0 Å². The monoisotopic (exact) mass is 305 g/mol. The van der Waals surface area contributed by atoms with E-state index in [9.17, 15) is 4.79 Å². The SMILES string of the molecule is CCN1CCN(C(=O)C(C)N2CC(n3cc(C)cn3)C2)CC1. The van der Waals surface area contributed by atoms with E-state index in [1.807, 2.05) is 22.7 Å². The minimum absolute atomic E-state index is 0.0129. The Morgan fingerprint density at radius 1 is 1.32 bits per heavy atom. The van der Waals surface area contributed by atoms with Gasteiger partial charge in [-0.15, -0.1) is 0 Å². The molecule has 0 aliphatic carbocycles. The van der Waals surface area contributed by atoms with Crippen molar-refractivity contribution in [3.63, 3.8) is 0 Å². The van der Waals surface area contributed by atoms with Crippen LogP contribution in [0.25, 0.3) is 0 Å². The Morgan fingerprint density at radius 2 is 2.00 bits per heavy atom. The van der Waals surface area contributed by atoms with Gasteiger partial charge in [0.15, 0.2) is 0 Å². The fraction of sp³-hybridized carbons (Fsp3) is 0.750. The van der Waals surface area contributed by atoms with Crippen LogP contribution in [-0.2, 0) is 4.79 Å². The molecule has 1 unspecified atom stereocenters. The van der Waals surface area contributed by atoms with Crippen molar-refractivity contribution in [2.75, 3.05) is 45.8 Å². The summed E-state index contributed by atoms with van der Waals surface area (Å²) in [6.45, 7) is 12.9. The summed E-state index contributed by atoms with van der Waals surface area (Å²) in [7, 11) is 0. The van der Waals surface area contributed by atoms with Crippen LogP contribution >= 0.6 is 0 Å². The van der Waals surface area contributed by atoms with Gasteiger partial charge in [-0.3, -0.25) is 14.4 Å². The first-order chi connectivity index (χ1) is 10.6. The first-order valence-corrected chi connectivity index (χ1v) is 8.34. The van der Waals surface area contributed by atoms with Crippen LogP contribution in [0.15, 0.2) is 12.4 Å². The minimum atomic E-state index is -0.0129. The summed E-state index contributed by atoms with van der Waals surface area (Å²) in [4.78, 5) is 19.3. The maximum absolute atomic E-state index is 12.6. The molecule has 0 bridgehead atoms. The van der Waals surface area contributed by atoms with Crippen LogP contribution in [-0.4, -0.2) is 82.2 Å². The van der Waals surface area contributed by atoms with Gasteiger partial charge in [-0.25, -0.2) is 0 Å². The van der Waals surface area contributed by atoms with Gasteiger partial charge in [-0.1, -0.05) is 6.92 Å². The van der Waals surface area contributed by atoms with E-state index in [4.69, 9.17) is 0 Å². The van der Waals surface area contributed by atoms with Crippen molar-refractivity contribution in [2.24, 2.45) is 0 Å². The van der Waals surface area contributed by atoms with E-state index < -0.39 is 0 Å². The highest BCUT2D eigenvalue weighted by molar-refractivity contribution is 5.81. The Morgan fingerprint density at radius 3 is 2.55 bits per heavy atom. The van der Waals surface area contributed by atoms with Crippen LogP contribution in [0.1, 0.15) is 25.5 Å². The smallest absolute Gasteiger partial charge is 0.239 e. The van der Waals surface area contributed by atoms with Crippen LogP contribution in [0.2, 0.25) is 0 Å². The van der Waals surface area contributed by atoms with Crippen molar-refractivity contribution in [2.45, 2.75) is 32.9 Å². The highest BCUT2D eigenvalue weighted by Gasteiger charge is 2.36. The maximum Gasteiger partial charge on any atom is 0.239 e. The van der Waals surface area contributed by atoms with E-state index in [2.05, 4.69) is 34.9 Å². The quantitative estimate of drug-likeness (QED) is 0.817. The lowest BCUT2D eigenvalue weighted by Crippen LogP contribution is -2.59. The summed E-state index contributed by atoms with van der Waals surface area (Å²) < 4.78 is 2.03. The van der Waals surface area contributed by atoms with Crippen molar-refractivity contribution >= 4 is 5.91 Å². The highest BCUT2D eigenvalue weighted by atomic mass is 16.2. The molecule has 2 aliphatic heterocycles. The number of rotatable bonds is 4. The topological polar surface area (TPSA) is 44.6 Å². The fourth-order valence-electron chi connectivity index (χ4n) is 3.31. The highest BCUT2D eigenvalue weighted by Crippen LogP contribution is 2.24. The normalized spacial score (nSPS) is 22.6. The Bertz CT molecular complexity index is 514. The molecule has 3 heterocycles. The van der Waals surface area contributed by atoms with E-state index >= 15 is 0 Å². The van der Waals surface area contributed by atoms with Gasteiger partial charge in [0.25, 0.3) is 0 Å². The average Bonchev–Trinajstić information content (AvgIpc) is 2.91. The van der Waals surface area contributed by atoms with Crippen molar-refractivity contribution < 1.29 is 4.79 Å². The van der Waals surface area contributed by atoms with E-state index in [-0.39, 0.29) is 11.9 Å². The molecule has 0 spiro atoms. The molecule has 0 aromatic carbocycles. The van der Waals surface area contributed by atoms with Gasteiger partial charge in [0, 0.05) is 45.5 Å². The number of likely N-dealkylation sites (N-methyl/N-ethyl adjacent to an activating group) is 1. The number of hydrogen-bond acceptors (Lipinski definition) is 4. The largest absolute Gasteiger partial charge is 0.339 e. The second-order valence-electron chi connectivity index (χ2n) is 6.54. The molecule has 3 rings (SSSR count). The molecule has 6 nitrogen and oxygen atoms in total. The molecule has 2 fully saturated rings. The molecule has 2 aliphatic rings. The summed E-state index contributed by atoms with van der Waals surface area (Å²) >= 11 is 0. The number of carbonyl (C=O) groups excluding carboxylic acids is 1. The molecule has 0 N–H and O–H groups in total. The van der Waals surface area contributed by atoms with Crippen LogP contribution in [0.4, 0.5) is 0 Å². The molecule has 2 saturated heterocycles. The molecule has 0 saturated carbocycles. The summed E-state index contributed by atoms with van der Waals surface area (Å²) in [5, 5.41) is 4.37. The number of aromatic nitrogens is 2. The lowest BCUT2D eigenvalue weighted by Gasteiger charge is -2.44. The molecule has 1 amide bonds. The summed E-state index contributed by atoms with van der Waals surface area (Å²) in [5.74, 6) is 0.283. The van der Waals surface area contributed by atoms with Crippen molar-refractivity contribution in [1.82, 2.24) is 24.5 Å². The van der Waals surface area contributed by atoms with E-state index in [1.165, 1.54) is 5.56 Å². The third-order valence-electron chi connectivity index (χ3n) is 5.03. The number of carbonyl (C=O) groups is 1. The Kier molecular flexibility index (Phi) is 4.49. The number of likely N-dealkylation sites (tertiary alicyclic amines) is 1. The van der Waals surface area contributed by atoms with Crippen LogP contribution < -0.4 is 0 Å². The zero-order valence-corrected chi connectivity index (χ0v) is 13.9. The van der Waals surface area contributed by atoms with E-state index in [0.29, 0.717) is 6.04 Å². The Labute approximate surface area is 132 Å². The third-order valence-corrected chi connectivity index (χ3v) is 5.03. The van der Waals surface area contributed by atoms with Gasteiger partial charge in [0.2, 0.25) is 5.91 Å². The second-order valence-corrected chi connectivity index (χ2v) is 6.54. The zero-order valence-electron chi connectivity index (χ0n) is 13.9. The number of nitrogens with zero attached hydrogens (tertiary/aromatic N) is 5. The number of hydrogen-bond donors (Lipinski definition) is 0. The number of aryl methyl sites for hydroxylation is 1. The molecule has 1 atom stereocenters. The van der Waals surface area contributed by atoms with Crippen molar-refractivity contribution in [3.8, 4) is 0 Å². The van der Waals surface area contributed by atoms with Crippen LogP contribution in [0, 0.1) is 6.92 Å².